The molecule has 5 heteroatoms. The highest BCUT2D eigenvalue weighted by atomic mass is 16.3. The lowest BCUT2D eigenvalue weighted by Crippen LogP contribution is -2.46. The fourth-order valence-corrected chi connectivity index (χ4v) is 2.74. The fourth-order valence-electron chi connectivity index (χ4n) is 2.74. The molecule has 1 amide bonds. The number of benzene rings is 1. The number of hydrogen-bond acceptors (Lipinski definition) is 4. The van der Waals surface area contributed by atoms with E-state index in [-0.39, 0.29) is 17.4 Å². The van der Waals surface area contributed by atoms with E-state index >= 15 is 0 Å². The first-order valence-electron chi connectivity index (χ1n) is 7.63. The predicted octanol–water partition coefficient (Wildman–Crippen LogP) is 1.76. The SMILES string of the molecule is N[C@@H](Cc1ccc(O)c(O)c1)C(=O)N1CCCCCCC1. The molecule has 1 fully saturated rings. The van der Waals surface area contributed by atoms with Crippen molar-refractivity contribution in [1.82, 2.24) is 4.90 Å². The molecule has 1 aromatic rings. The molecule has 2 rings (SSSR count). The van der Waals surface area contributed by atoms with E-state index in [2.05, 4.69) is 0 Å². The maximum absolute atomic E-state index is 12.4. The van der Waals surface area contributed by atoms with Crippen molar-refractivity contribution in [2.24, 2.45) is 5.73 Å². The Labute approximate surface area is 125 Å². The van der Waals surface area contributed by atoms with Crippen LogP contribution in [0.3, 0.4) is 0 Å². The zero-order valence-electron chi connectivity index (χ0n) is 12.3. The molecule has 116 valence electrons. The molecule has 0 unspecified atom stereocenters. The monoisotopic (exact) mass is 292 g/mol. The van der Waals surface area contributed by atoms with E-state index in [9.17, 15) is 15.0 Å². The van der Waals surface area contributed by atoms with Gasteiger partial charge >= 0.3 is 0 Å². The molecular formula is C16H24N2O3. The molecule has 0 radical (unpaired) electrons. The molecule has 1 heterocycles. The zero-order valence-corrected chi connectivity index (χ0v) is 12.3. The maximum atomic E-state index is 12.4. The molecule has 4 N–H and O–H groups in total. The largest absolute Gasteiger partial charge is 0.504 e. The summed E-state index contributed by atoms with van der Waals surface area (Å²) < 4.78 is 0. The molecule has 5 nitrogen and oxygen atoms in total. The normalized spacial score (nSPS) is 17.9. The van der Waals surface area contributed by atoms with Gasteiger partial charge in [0.1, 0.15) is 0 Å². The molecule has 0 saturated carbocycles. The zero-order chi connectivity index (χ0) is 15.2. The van der Waals surface area contributed by atoms with Crippen LogP contribution in [0.25, 0.3) is 0 Å². The quantitative estimate of drug-likeness (QED) is 0.741. The van der Waals surface area contributed by atoms with Crippen molar-refractivity contribution < 1.29 is 15.0 Å². The summed E-state index contributed by atoms with van der Waals surface area (Å²) in [7, 11) is 0. The van der Waals surface area contributed by atoms with E-state index in [1.807, 2.05) is 4.90 Å². The van der Waals surface area contributed by atoms with Gasteiger partial charge in [0.15, 0.2) is 11.5 Å². The molecule has 1 atom stereocenters. The number of carbonyl (C=O) groups is 1. The second kappa shape index (κ2) is 7.31. The van der Waals surface area contributed by atoms with Crippen molar-refractivity contribution in [3.05, 3.63) is 23.8 Å². The summed E-state index contributed by atoms with van der Waals surface area (Å²) in [5.41, 5.74) is 6.77. The second-order valence-corrected chi connectivity index (χ2v) is 5.73. The van der Waals surface area contributed by atoms with Crippen LogP contribution in [0.1, 0.15) is 37.7 Å². The van der Waals surface area contributed by atoms with Crippen LogP contribution in [-0.4, -0.2) is 40.2 Å². The Balaban J connectivity index is 1.95. The third kappa shape index (κ3) is 4.36. The number of nitrogens with zero attached hydrogens (tertiary/aromatic N) is 1. The summed E-state index contributed by atoms with van der Waals surface area (Å²) in [6, 6.07) is 3.94. The number of hydrogen-bond donors (Lipinski definition) is 3. The van der Waals surface area contributed by atoms with Crippen LogP contribution < -0.4 is 5.73 Å². The van der Waals surface area contributed by atoms with E-state index in [4.69, 9.17) is 5.73 Å². The van der Waals surface area contributed by atoms with Crippen molar-refractivity contribution in [3.8, 4) is 11.5 Å². The van der Waals surface area contributed by atoms with Gasteiger partial charge in [-0.25, -0.2) is 0 Å². The van der Waals surface area contributed by atoms with Crippen molar-refractivity contribution >= 4 is 5.91 Å². The number of nitrogens with two attached hydrogens (primary N) is 1. The smallest absolute Gasteiger partial charge is 0.239 e. The lowest BCUT2D eigenvalue weighted by atomic mass is 10.0. The van der Waals surface area contributed by atoms with Gasteiger partial charge in [-0.15, -0.1) is 0 Å². The standard InChI is InChI=1S/C16H24N2O3/c17-13(10-12-6-7-14(19)15(20)11-12)16(21)18-8-4-2-1-3-5-9-18/h6-7,11,13,19-20H,1-5,8-10,17H2/t13-/m0/s1. The van der Waals surface area contributed by atoms with Gasteiger partial charge in [-0.3, -0.25) is 4.79 Å². The average molecular weight is 292 g/mol. The molecular weight excluding hydrogens is 268 g/mol. The Morgan fingerprint density at radius 2 is 1.71 bits per heavy atom. The average Bonchev–Trinajstić information content (AvgIpc) is 2.42. The van der Waals surface area contributed by atoms with Gasteiger partial charge in [-0.1, -0.05) is 25.3 Å². The lowest BCUT2D eigenvalue weighted by Gasteiger charge is -2.27. The Hall–Kier alpha value is -1.75. The number of likely N-dealkylation sites (tertiary alicyclic amines) is 1. The number of aromatic hydroxyl groups is 2. The first-order valence-corrected chi connectivity index (χ1v) is 7.63. The van der Waals surface area contributed by atoms with E-state index in [0.717, 1.165) is 31.5 Å². The predicted molar refractivity (Wildman–Crippen MR) is 81.1 cm³/mol. The summed E-state index contributed by atoms with van der Waals surface area (Å²) in [6.45, 7) is 1.57. The van der Waals surface area contributed by atoms with E-state index in [1.165, 1.54) is 31.4 Å². The van der Waals surface area contributed by atoms with Crippen LogP contribution in [0.5, 0.6) is 11.5 Å². The topological polar surface area (TPSA) is 86.8 Å². The Morgan fingerprint density at radius 3 is 2.33 bits per heavy atom. The van der Waals surface area contributed by atoms with Crippen molar-refractivity contribution in [2.75, 3.05) is 13.1 Å². The minimum Gasteiger partial charge on any atom is -0.504 e. The molecule has 1 aromatic carbocycles. The van der Waals surface area contributed by atoms with Crippen LogP contribution in [0.4, 0.5) is 0 Å². The number of amides is 1. The Bertz CT molecular complexity index is 482. The third-order valence-corrected chi connectivity index (χ3v) is 3.98. The second-order valence-electron chi connectivity index (χ2n) is 5.73. The molecule has 1 aliphatic rings. The first-order chi connectivity index (χ1) is 10.1. The molecule has 0 spiro atoms. The fraction of sp³-hybridized carbons (Fsp3) is 0.562. The summed E-state index contributed by atoms with van der Waals surface area (Å²) in [6.07, 6.45) is 6.04. The van der Waals surface area contributed by atoms with E-state index < -0.39 is 6.04 Å². The van der Waals surface area contributed by atoms with Gasteiger partial charge in [0.2, 0.25) is 5.91 Å². The summed E-state index contributed by atoms with van der Waals surface area (Å²) in [5.74, 6) is -0.370. The molecule has 0 aromatic heterocycles. The van der Waals surface area contributed by atoms with Gasteiger partial charge < -0.3 is 20.8 Å². The van der Waals surface area contributed by atoms with E-state index in [0.29, 0.717) is 6.42 Å². The summed E-state index contributed by atoms with van der Waals surface area (Å²) in [4.78, 5) is 14.3. The number of rotatable bonds is 3. The van der Waals surface area contributed by atoms with Gasteiger partial charge in [0, 0.05) is 13.1 Å². The third-order valence-electron chi connectivity index (χ3n) is 3.98. The highest BCUT2D eigenvalue weighted by molar-refractivity contribution is 5.82. The van der Waals surface area contributed by atoms with Crippen LogP contribution in [-0.2, 0) is 11.2 Å². The molecule has 0 aliphatic carbocycles. The van der Waals surface area contributed by atoms with Crippen LogP contribution in [0.2, 0.25) is 0 Å². The van der Waals surface area contributed by atoms with Gasteiger partial charge in [0.05, 0.1) is 6.04 Å². The summed E-state index contributed by atoms with van der Waals surface area (Å²) in [5, 5.41) is 18.8. The van der Waals surface area contributed by atoms with Crippen molar-refractivity contribution in [1.29, 1.82) is 0 Å². The molecule has 1 saturated heterocycles. The first kappa shape index (κ1) is 15.6. The van der Waals surface area contributed by atoms with E-state index in [1.54, 1.807) is 6.07 Å². The highest BCUT2D eigenvalue weighted by Gasteiger charge is 2.21. The van der Waals surface area contributed by atoms with Crippen LogP contribution in [0, 0.1) is 0 Å². The minimum atomic E-state index is -0.603. The van der Waals surface area contributed by atoms with Crippen LogP contribution >= 0.6 is 0 Å². The Morgan fingerprint density at radius 1 is 1.10 bits per heavy atom. The highest BCUT2D eigenvalue weighted by Crippen LogP contribution is 2.25. The van der Waals surface area contributed by atoms with Gasteiger partial charge in [0.25, 0.3) is 0 Å². The lowest BCUT2D eigenvalue weighted by molar-refractivity contribution is -0.132. The number of carbonyl (C=O) groups excluding carboxylic acids is 1. The number of phenolic OH excluding ortho intramolecular Hbond substituents is 2. The van der Waals surface area contributed by atoms with Gasteiger partial charge in [-0.05, 0) is 37.0 Å². The molecule has 1 aliphatic heterocycles. The van der Waals surface area contributed by atoms with Crippen LogP contribution in [0.15, 0.2) is 18.2 Å². The summed E-state index contributed by atoms with van der Waals surface area (Å²) >= 11 is 0. The minimum absolute atomic E-state index is 0.0236. The molecule has 0 bridgehead atoms. The maximum Gasteiger partial charge on any atom is 0.239 e. The molecule has 21 heavy (non-hydrogen) atoms. The van der Waals surface area contributed by atoms with Crippen molar-refractivity contribution in [2.45, 2.75) is 44.6 Å². The Kier molecular flexibility index (Phi) is 5.44. The number of phenols is 2. The van der Waals surface area contributed by atoms with Crippen molar-refractivity contribution in [3.63, 3.8) is 0 Å². The van der Waals surface area contributed by atoms with Gasteiger partial charge in [-0.2, -0.15) is 0 Å².